The van der Waals surface area contributed by atoms with Crippen molar-refractivity contribution in [2.75, 3.05) is 11.4 Å². The van der Waals surface area contributed by atoms with Crippen LogP contribution in [0.2, 0.25) is 0 Å². The van der Waals surface area contributed by atoms with Gasteiger partial charge in [-0.05, 0) is 60.6 Å². The Bertz CT molecular complexity index is 618. The van der Waals surface area contributed by atoms with Gasteiger partial charge in [-0.15, -0.1) is 0 Å². The lowest BCUT2D eigenvalue weighted by Crippen LogP contribution is -2.34. The Hall–Kier alpha value is -1.28. The van der Waals surface area contributed by atoms with Gasteiger partial charge in [0.25, 0.3) is 0 Å². The van der Waals surface area contributed by atoms with E-state index in [0.717, 1.165) is 11.0 Å². The van der Waals surface area contributed by atoms with Gasteiger partial charge in [0.05, 0.1) is 6.04 Å². The summed E-state index contributed by atoms with van der Waals surface area (Å²) in [4.78, 5) is 2.59. The largest absolute Gasteiger partial charge is 0.364 e. The summed E-state index contributed by atoms with van der Waals surface area (Å²) < 4.78 is 1.15. The molecule has 116 valence electrons. The minimum atomic E-state index is 0.508. The lowest BCUT2D eigenvalue weighted by Gasteiger charge is -2.39. The highest BCUT2D eigenvalue weighted by molar-refractivity contribution is 9.10. The number of piperidine rings is 1. The summed E-state index contributed by atoms with van der Waals surface area (Å²) in [5.74, 6) is 0.574. The molecule has 1 unspecified atom stereocenters. The molecule has 1 saturated heterocycles. The van der Waals surface area contributed by atoms with Crippen molar-refractivity contribution in [2.45, 2.75) is 45.1 Å². The molecule has 22 heavy (non-hydrogen) atoms. The first-order valence-corrected chi connectivity index (χ1v) is 9.07. The average molecular weight is 358 g/mol. The molecular weight excluding hydrogens is 334 g/mol. The average Bonchev–Trinajstić information content (AvgIpc) is 2.55. The van der Waals surface area contributed by atoms with Crippen molar-refractivity contribution in [2.24, 2.45) is 0 Å². The summed E-state index contributed by atoms with van der Waals surface area (Å²) in [5.41, 5.74) is 4.35. The lowest BCUT2D eigenvalue weighted by atomic mass is 9.87. The molecule has 0 aromatic heterocycles. The summed E-state index contributed by atoms with van der Waals surface area (Å²) in [6.45, 7) is 5.75. The molecule has 1 aliphatic rings. The van der Waals surface area contributed by atoms with Crippen molar-refractivity contribution in [3.05, 3.63) is 64.1 Å². The van der Waals surface area contributed by atoms with Gasteiger partial charge in [-0.1, -0.05) is 54.0 Å². The van der Waals surface area contributed by atoms with Gasteiger partial charge in [0.15, 0.2) is 0 Å². The van der Waals surface area contributed by atoms with Crippen molar-refractivity contribution in [1.29, 1.82) is 0 Å². The van der Waals surface area contributed by atoms with Crippen LogP contribution in [0.3, 0.4) is 0 Å². The smallest absolute Gasteiger partial charge is 0.0545 e. The molecule has 3 rings (SSSR count). The van der Waals surface area contributed by atoms with Crippen LogP contribution in [0.1, 0.15) is 56.2 Å². The van der Waals surface area contributed by atoms with Crippen LogP contribution >= 0.6 is 15.9 Å². The maximum Gasteiger partial charge on any atom is 0.0545 e. The SMILES string of the molecule is CC(C)c1ccccc1C1CCCCN1c1ccc(Br)cc1. The molecule has 0 bridgehead atoms. The van der Waals surface area contributed by atoms with E-state index in [1.54, 1.807) is 0 Å². The van der Waals surface area contributed by atoms with Crippen molar-refractivity contribution >= 4 is 21.6 Å². The standard InChI is InChI=1S/C20H24BrN/c1-15(2)18-7-3-4-8-19(18)20-9-5-6-14-22(20)17-12-10-16(21)11-13-17/h3-4,7-8,10-13,15,20H,5-6,9,14H2,1-2H3. The van der Waals surface area contributed by atoms with Gasteiger partial charge in [0, 0.05) is 16.7 Å². The lowest BCUT2D eigenvalue weighted by molar-refractivity contribution is 0.469. The Morgan fingerprint density at radius 2 is 1.73 bits per heavy atom. The maximum absolute atomic E-state index is 3.54. The Morgan fingerprint density at radius 1 is 1.00 bits per heavy atom. The molecule has 0 radical (unpaired) electrons. The van der Waals surface area contributed by atoms with Crippen LogP contribution in [0.5, 0.6) is 0 Å². The minimum Gasteiger partial charge on any atom is -0.364 e. The van der Waals surface area contributed by atoms with E-state index in [1.165, 1.54) is 36.1 Å². The predicted octanol–water partition coefficient (Wildman–Crippen LogP) is 6.30. The Balaban J connectivity index is 1.98. The number of nitrogens with zero attached hydrogens (tertiary/aromatic N) is 1. The van der Waals surface area contributed by atoms with E-state index in [4.69, 9.17) is 0 Å². The van der Waals surface area contributed by atoms with Crippen molar-refractivity contribution in [1.82, 2.24) is 0 Å². The van der Waals surface area contributed by atoms with Gasteiger partial charge in [0.1, 0.15) is 0 Å². The quantitative estimate of drug-likeness (QED) is 0.622. The van der Waals surface area contributed by atoms with E-state index < -0.39 is 0 Å². The fourth-order valence-corrected chi connectivity index (χ4v) is 3.80. The number of hydrogen-bond donors (Lipinski definition) is 0. The fourth-order valence-electron chi connectivity index (χ4n) is 3.54. The first kappa shape index (κ1) is 15.6. The third-order valence-corrected chi connectivity index (χ3v) is 5.17. The van der Waals surface area contributed by atoms with Gasteiger partial charge in [-0.3, -0.25) is 0 Å². The molecule has 0 saturated carbocycles. The number of halogens is 1. The summed E-state index contributed by atoms with van der Waals surface area (Å²) >= 11 is 3.54. The second-order valence-electron chi connectivity index (χ2n) is 6.47. The van der Waals surface area contributed by atoms with Crippen LogP contribution in [-0.2, 0) is 0 Å². The monoisotopic (exact) mass is 357 g/mol. The predicted molar refractivity (Wildman–Crippen MR) is 98.6 cm³/mol. The van der Waals surface area contributed by atoms with Crippen molar-refractivity contribution in [3.8, 4) is 0 Å². The van der Waals surface area contributed by atoms with Gasteiger partial charge in [0.2, 0.25) is 0 Å². The number of anilines is 1. The van der Waals surface area contributed by atoms with Crippen molar-refractivity contribution in [3.63, 3.8) is 0 Å². The van der Waals surface area contributed by atoms with E-state index in [2.05, 4.69) is 83.2 Å². The number of rotatable bonds is 3. The van der Waals surface area contributed by atoms with Crippen LogP contribution in [0.25, 0.3) is 0 Å². The minimum absolute atomic E-state index is 0.508. The summed E-state index contributed by atoms with van der Waals surface area (Å²) in [6.07, 6.45) is 3.86. The number of benzene rings is 2. The molecule has 2 aromatic rings. The third kappa shape index (κ3) is 3.22. The van der Waals surface area contributed by atoms with E-state index >= 15 is 0 Å². The maximum atomic E-state index is 3.54. The molecule has 1 fully saturated rings. The van der Waals surface area contributed by atoms with Crippen LogP contribution in [-0.4, -0.2) is 6.54 Å². The summed E-state index contributed by atoms with van der Waals surface area (Å²) in [5, 5.41) is 0. The zero-order valence-corrected chi connectivity index (χ0v) is 15.0. The van der Waals surface area contributed by atoms with E-state index in [1.807, 2.05) is 0 Å². The molecule has 2 aromatic carbocycles. The second-order valence-corrected chi connectivity index (χ2v) is 7.38. The molecule has 0 aliphatic carbocycles. The Kier molecular flexibility index (Phi) is 4.87. The molecule has 2 heteroatoms. The van der Waals surface area contributed by atoms with Crippen LogP contribution in [0.15, 0.2) is 53.0 Å². The van der Waals surface area contributed by atoms with Gasteiger partial charge in [-0.25, -0.2) is 0 Å². The van der Waals surface area contributed by atoms with Crippen LogP contribution < -0.4 is 4.90 Å². The van der Waals surface area contributed by atoms with Gasteiger partial charge >= 0.3 is 0 Å². The van der Waals surface area contributed by atoms with Gasteiger partial charge < -0.3 is 4.90 Å². The molecule has 1 nitrogen and oxygen atoms in total. The Morgan fingerprint density at radius 3 is 2.45 bits per heavy atom. The topological polar surface area (TPSA) is 3.24 Å². The third-order valence-electron chi connectivity index (χ3n) is 4.64. The molecule has 1 atom stereocenters. The molecule has 1 aliphatic heterocycles. The van der Waals surface area contributed by atoms with Crippen LogP contribution in [0.4, 0.5) is 5.69 Å². The molecular formula is C20H24BrN. The van der Waals surface area contributed by atoms with E-state index in [-0.39, 0.29) is 0 Å². The molecule has 0 N–H and O–H groups in total. The highest BCUT2D eigenvalue weighted by atomic mass is 79.9. The zero-order chi connectivity index (χ0) is 15.5. The molecule has 0 amide bonds. The highest BCUT2D eigenvalue weighted by Gasteiger charge is 2.26. The fraction of sp³-hybridized carbons (Fsp3) is 0.400. The first-order chi connectivity index (χ1) is 10.7. The second kappa shape index (κ2) is 6.87. The van der Waals surface area contributed by atoms with Crippen LogP contribution in [0, 0.1) is 0 Å². The zero-order valence-electron chi connectivity index (χ0n) is 13.4. The first-order valence-electron chi connectivity index (χ1n) is 8.28. The van der Waals surface area contributed by atoms with Crippen molar-refractivity contribution < 1.29 is 0 Å². The number of hydrogen-bond acceptors (Lipinski definition) is 1. The summed E-state index contributed by atoms with van der Waals surface area (Å²) in [7, 11) is 0. The van der Waals surface area contributed by atoms with E-state index in [9.17, 15) is 0 Å². The summed E-state index contributed by atoms with van der Waals surface area (Å²) in [6, 6.07) is 18.3. The normalized spacial score (nSPS) is 18.7. The Labute approximate surface area is 142 Å². The van der Waals surface area contributed by atoms with E-state index in [0.29, 0.717) is 12.0 Å². The molecule has 0 spiro atoms. The highest BCUT2D eigenvalue weighted by Crippen LogP contribution is 2.38. The van der Waals surface area contributed by atoms with Gasteiger partial charge in [-0.2, -0.15) is 0 Å². The molecule has 1 heterocycles.